The minimum Gasteiger partial charge on any atom is -0.311 e. The van der Waals surface area contributed by atoms with Gasteiger partial charge in [-0.05, 0) is 19.1 Å². The quantitative estimate of drug-likeness (QED) is 0.582. The Morgan fingerprint density at radius 2 is 2.25 bits per heavy atom. The van der Waals surface area contributed by atoms with Gasteiger partial charge in [-0.25, -0.2) is 0 Å². The summed E-state index contributed by atoms with van der Waals surface area (Å²) in [5, 5.41) is 2.88. The molecule has 0 radical (unpaired) electrons. The monoisotopic (exact) mass is 217 g/mol. The average Bonchev–Trinajstić information content (AvgIpc) is 2.32. The Hall–Kier alpha value is -1.86. The highest BCUT2D eigenvalue weighted by Gasteiger charge is 2.12. The van der Waals surface area contributed by atoms with E-state index < -0.39 is 0 Å². The van der Waals surface area contributed by atoms with Crippen molar-refractivity contribution in [3.63, 3.8) is 0 Å². The van der Waals surface area contributed by atoms with E-state index in [1.807, 2.05) is 19.1 Å². The van der Waals surface area contributed by atoms with Crippen LogP contribution >= 0.6 is 0 Å². The standard InChI is InChI=1S/C12H15N3O/c1-3-7-14-10-12(16)15(4-2)11-5-8-13-9-6-11/h1,5-6,8-9,14H,4,7,10H2,2H3. The molecular formula is C12H15N3O. The van der Waals surface area contributed by atoms with Crippen LogP contribution in [0.3, 0.4) is 0 Å². The van der Waals surface area contributed by atoms with Crippen molar-refractivity contribution in [2.45, 2.75) is 6.92 Å². The number of pyridine rings is 1. The first-order valence-corrected chi connectivity index (χ1v) is 5.14. The number of nitrogens with one attached hydrogen (secondary N) is 1. The molecule has 0 fully saturated rings. The van der Waals surface area contributed by atoms with Gasteiger partial charge in [0.05, 0.1) is 13.1 Å². The zero-order valence-corrected chi connectivity index (χ0v) is 9.31. The molecule has 4 nitrogen and oxygen atoms in total. The van der Waals surface area contributed by atoms with E-state index in [1.54, 1.807) is 17.3 Å². The molecule has 4 heteroatoms. The van der Waals surface area contributed by atoms with E-state index in [0.29, 0.717) is 13.1 Å². The van der Waals surface area contributed by atoms with Crippen molar-refractivity contribution < 1.29 is 4.79 Å². The van der Waals surface area contributed by atoms with Crippen molar-refractivity contribution in [2.24, 2.45) is 0 Å². The van der Waals surface area contributed by atoms with Crippen molar-refractivity contribution in [3.8, 4) is 12.3 Å². The molecule has 0 unspecified atom stereocenters. The Morgan fingerprint density at radius 1 is 1.56 bits per heavy atom. The van der Waals surface area contributed by atoms with Gasteiger partial charge in [0.1, 0.15) is 0 Å². The maximum Gasteiger partial charge on any atom is 0.240 e. The van der Waals surface area contributed by atoms with Crippen LogP contribution in [-0.4, -0.2) is 30.5 Å². The summed E-state index contributed by atoms with van der Waals surface area (Å²) in [6.07, 6.45) is 8.42. The fraction of sp³-hybridized carbons (Fsp3) is 0.333. The van der Waals surface area contributed by atoms with Crippen LogP contribution in [0.2, 0.25) is 0 Å². The molecule has 0 spiro atoms. The molecule has 0 aliphatic rings. The number of amides is 1. The minimum absolute atomic E-state index is 0.00366. The molecule has 0 aliphatic carbocycles. The highest BCUT2D eigenvalue weighted by atomic mass is 16.2. The number of aromatic nitrogens is 1. The Balaban J connectivity index is 2.61. The van der Waals surface area contributed by atoms with Gasteiger partial charge in [0.2, 0.25) is 5.91 Å². The van der Waals surface area contributed by atoms with Crippen molar-refractivity contribution in [3.05, 3.63) is 24.5 Å². The molecule has 16 heavy (non-hydrogen) atoms. The van der Waals surface area contributed by atoms with Gasteiger partial charge in [-0.2, -0.15) is 0 Å². The number of carbonyl (C=O) groups excluding carboxylic acids is 1. The number of hydrogen-bond donors (Lipinski definition) is 1. The first kappa shape index (κ1) is 12.2. The summed E-state index contributed by atoms with van der Waals surface area (Å²) < 4.78 is 0. The van der Waals surface area contributed by atoms with Crippen LogP contribution in [0.1, 0.15) is 6.92 Å². The zero-order valence-electron chi connectivity index (χ0n) is 9.31. The Morgan fingerprint density at radius 3 is 2.81 bits per heavy atom. The predicted octanol–water partition coefficient (Wildman–Crippen LogP) is 0.657. The maximum atomic E-state index is 11.8. The largest absolute Gasteiger partial charge is 0.311 e. The average molecular weight is 217 g/mol. The normalized spacial score (nSPS) is 9.50. The van der Waals surface area contributed by atoms with Crippen LogP contribution in [-0.2, 0) is 4.79 Å². The third-order valence-corrected chi connectivity index (χ3v) is 2.09. The van der Waals surface area contributed by atoms with Gasteiger partial charge in [0.25, 0.3) is 0 Å². The van der Waals surface area contributed by atoms with Gasteiger partial charge >= 0.3 is 0 Å². The molecule has 1 aromatic rings. The van der Waals surface area contributed by atoms with Crippen LogP contribution in [0.15, 0.2) is 24.5 Å². The van der Waals surface area contributed by atoms with Gasteiger partial charge in [0, 0.05) is 24.6 Å². The number of likely N-dealkylation sites (N-methyl/N-ethyl adjacent to an activating group) is 1. The Kier molecular flexibility index (Phi) is 5.03. The molecule has 1 aromatic heterocycles. The van der Waals surface area contributed by atoms with E-state index in [2.05, 4.69) is 16.2 Å². The molecule has 0 atom stereocenters. The second-order valence-electron chi connectivity index (χ2n) is 3.15. The van der Waals surface area contributed by atoms with E-state index >= 15 is 0 Å². The summed E-state index contributed by atoms with van der Waals surface area (Å²) >= 11 is 0. The molecular weight excluding hydrogens is 202 g/mol. The van der Waals surface area contributed by atoms with Gasteiger partial charge in [-0.1, -0.05) is 5.92 Å². The number of carbonyl (C=O) groups is 1. The van der Waals surface area contributed by atoms with Crippen LogP contribution < -0.4 is 10.2 Å². The molecule has 0 saturated heterocycles. The van der Waals surface area contributed by atoms with E-state index in [9.17, 15) is 4.79 Å². The lowest BCUT2D eigenvalue weighted by atomic mass is 10.3. The molecule has 84 valence electrons. The predicted molar refractivity (Wildman–Crippen MR) is 64.0 cm³/mol. The molecule has 0 aliphatic heterocycles. The van der Waals surface area contributed by atoms with Crippen molar-refractivity contribution >= 4 is 11.6 Å². The number of hydrogen-bond acceptors (Lipinski definition) is 3. The SMILES string of the molecule is C#CCNCC(=O)N(CC)c1ccncc1. The Bertz CT molecular complexity index is 370. The minimum atomic E-state index is 0.00366. The van der Waals surface area contributed by atoms with Gasteiger partial charge in [0.15, 0.2) is 0 Å². The van der Waals surface area contributed by atoms with Crippen molar-refractivity contribution in [1.29, 1.82) is 0 Å². The maximum absolute atomic E-state index is 11.8. The summed E-state index contributed by atoms with van der Waals surface area (Å²) in [5.41, 5.74) is 0.852. The lowest BCUT2D eigenvalue weighted by Crippen LogP contribution is -2.38. The van der Waals surface area contributed by atoms with E-state index in [-0.39, 0.29) is 12.5 Å². The van der Waals surface area contributed by atoms with Crippen LogP contribution in [0.5, 0.6) is 0 Å². The summed E-state index contributed by atoms with van der Waals surface area (Å²) in [6.45, 7) is 3.21. The first-order valence-electron chi connectivity index (χ1n) is 5.14. The summed E-state index contributed by atoms with van der Waals surface area (Å²) in [6, 6.07) is 3.62. The van der Waals surface area contributed by atoms with Gasteiger partial charge in [-0.3, -0.25) is 15.1 Å². The molecule has 0 bridgehead atoms. The lowest BCUT2D eigenvalue weighted by Gasteiger charge is -2.20. The summed E-state index contributed by atoms with van der Waals surface area (Å²) in [5.74, 6) is 2.43. The highest BCUT2D eigenvalue weighted by molar-refractivity contribution is 5.94. The second-order valence-corrected chi connectivity index (χ2v) is 3.15. The summed E-state index contributed by atoms with van der Waals surface area (Å²) in [7, 11) is 0. The van der Waals surface area contributed by atoms with Gasteiger partial charge in [-0.15, -0.1) is 6.42 Å². The molecule has 0 saturated carbocycles. The van der Waals surface area contributed by atoms with Crippen molar-refractivity contribution in [1.82, 2.24) is 10.3 Å². The molecule has 1 rings (SSSR count). The van der Waals surface area contributed by atoms with Gasteiger partial charge < -0.3 is 4.90 Å². The lowest BCUT2D eigenvalue weighted by molar-refractivity contribution is -0.117. The van der Waals surface area contributed by atoms with E-state index in [4.69, 9.17) is 6.42 Å². The summed E-state index contributed by atoms with van der Waals surface area (Å²) in [4.78, 5) is 17.4. The van der Waals surface area contributed by atoms with Crippen LogP contribution in [0.25, 0.3) is 0 Å². The first-order chi connectivity index (χ1) is 7.79. The molecule has 1 amide bonds. The number of anilines is 1. The highest BCUT2D eigenvalue weighted by Crippen LogP contribution is 2.11. The fourth-order valence-electron chi connectivity index (χ4n) is 1.36. The Labute approximate surface area is 95.7 Å². The topological polar surface area (TPSA) is 45.2 Å². The van der Waals surface area contributed by atoms with E-state index in [1.165, 1.54) is 0 Å². The van der Waals surface area contributed by atoms with Crippen LogP contribution in [0, 0.1) is 12.3 Å². The molecule has 1 heterocycles. The third-order valence-electron chi connectivity index (χ3n) is 2.09. The number of nitrogens with zero attached hydrogens (tertiary/aromatic N) is 2. The van der Waals surface area contributed by atoms with Crippen LogP contribution in [0.4, 0.5) is 5.69 Å². The zero-order chi connectivity index (χ0) is 11.8. The molecule has 0 aromatic carbocycles. The van der Waals surface area contributed by atoms with Crippen molar-refractivity contribution in [2.75, 3.05) is 24.5 Å². The molecule has 1 N–H and O–H groups in total. The smallest absolute Gasteiger partial charge is 0.240 e. The fourth-order valence-corrected chi connectivity index (χ4v) is 1.36. The second kappa shape index (κ2) is 6.59. The number of rotatable bonds is 5. The number of terminal acetylenes is 1. The van der Waals surface area contributed by atoms with E-state index in [0.717, 1.165) is 5.69 Å². The third kappa shape index (κ3) is 3.37.